The first-order chi connectivity index (χ1) is 6.54. The van der Waals surface area contributed by atoms with Gasteiger partial charge >= 0.3 is 0 Å². The van der Waals surface area contributed by atoms with Crippen LogP contribution < -0.4 is 0 Å². The van der Waals surface area contributed by atoms with E-state index in [4.69, 9.17) is 0 Å². The topological polar surface area (TPSA) is 0 Å². The fraction of sp³-hybridized carbons (Fsp3) is 0.400. The van der Waals surface area contributed by atoms with Crippen molar-refractivity contribution in [3.05, 3.63) is 35.4 Å². The van der Waals surface area contributed by atoms with Gasteiger partial charge in [0.15, 0.2) is 0 Å². The number of alkyl halides is 4. The quantitative estimate of drug-likeness (QED) is 0.647. The second-order valence-corrected chi connectivity index (χ2v) is 2.72. The number of rotatable bonds is 2. The first-order valence-electron chi connectivity index (χ1n) is 3.95. The van der Waals surface area contributed by atoms with Crippen LogP contribution in [0.1, 0.15) is 18.1 Å². The van der Waals surface area contributed by atoms with Crippen LogP contribution in [-0.4, -0.2) is 7.18 Å². The van der Waals surface area contributed by atoms with E-state index >= 15 is 0 Å². The van der Waals surface area contributed by atoms with E-state index in [2.05, 4.69) is 0 Å². The van der Waals surface area contributed by atoms with Crippen LogP contribution in [0.5, 0.6) is 0 Å². The molecule has 0 amide bonds. The fourth-order valence-electron chi connectivity index (χ4n) is 0.886. The van der Waals surface area contributed by atoms with E-state index in [1.807, 2.05) is 0 Å². The van der Waals surface area contributed by atoms with Gasteiger partial charge in [-0.05, 0) is 5.56 Å². The van der Waals surface area contributed by atoms with E-state index in [0.717, 1.165) is 6.92 Å². The minimum absolute atomic E-state index is 0.0836. The number of hydrogen-bond acceptors (Lipinski definition) is 0. The van der Waals surface area contributed by atoms with Crippen molar-refractivity contribution < 1.29 is 17.6 Å². The second-order valence-electron chi connectivity index (χ2n) is 2.72. The normalized spacial score (nSPS) is 10.4. The molecular weight excluding hydrogens is 196 g/mol. The second kappa shape index (κ2) is 5.62. The summed E-state index contributed by atoms with van der Waals surface area (Å²) in [5.74, 6) is -2.84. The number of benzene rings is 1. The molecule has 1 aromatic carbocycles. The molecule has 0 aromatic heterocycles. The van der Waals surface area contributed by atoms with Gasteiger partial charge in [0.2, 0.25) is 0 Å². The Morgan fingerprint density at radius 2 is 1.50 bits per heavy atom. The molecule has 0 atom stereocenters. The monoisotopic (exact) mass is 208 g/mol. The Balaban J connectivity index is 0.000000791. The van der Waals surface area contributed by atoms with Crippen LogP contribution in [0.4, 0.5) is 17.6 Å². The van der Waals surface area contributed by atoms with Crippen molar-refractivity contribution in [2.75, 3.05) is 7.18 Å². The molecule has 4 heteroatoms. The van der Waals surface area contributed by atoms with Gasteiger partial charge in [0.25, 0.3) is 5.92 Å². The molecule has 0 bridgehead atoms. The fourth-order valence-corrected chi connectivity index (χ4v) is 0.886. The lowest BCUT2D eigenvalue weighted by molar-refractivity contribution is 0.0174. The maximum atomic E-state index is 12.6. The minimum atomic E-state index is -2.84. The molecule has 0 radical (unpaired) electrons. The molecule has 0 aliphatic carbocycles. The van der Waals surface area contributed by atoms with Crippen molar-refractivity contribution in [3.63, 3.8) is 0 Å². The highest BCUT2D eigenvalue weighted by Gasteiger charge is 2.23. The summed E-state index contributed by atoms with van der Waals surface area (Å²) in [5, 5.41) is 0. The Kier molecular flexibility index (Phi) is 5.20. The maximum Gasteiger partial charge on any atom is 0.270 e. The highest BCUT2D eigenvalue weighted by molar-refractivity contribution is 5.24. The Bertz CT molecular complexity index is 248. The predicted octanol–water partition coefficient (Wildman–Crippen LogP) is 3.85. The summed E-state index contributed by atoms with van der Waals surface area (Å²) in [5.41, 5.74) is 0.336. The number of halogens is 4. The zero-order chi connectivity index (χ0) is 11.2. The lowest BCUT2D eigenvalue weighted by Crippen LogP contribution is -2.06. The molecule has 0 heterocycles. The summed E-state index contributed by atoms with van der Waals surface area (Å²) < 4.78 is 46.7. The van der Waals surface area contributed by atoms with E-state index in [1.165, 1.54) is 24.3 Å². The third-order valence-corrected chi connectivity index (χ3v) is 1.62. The van der Waals surface area contributed by atoms with E-state index in [-0.39, 0.29) is 5.56 Å². The Labute approximate surface area is 80.6 Å². The molecule has 0 aliphatic rings. The lowest BCUT2D eigenvalue weighted by atomic mass is 10.1. The summed E-state index contributed by atoms with van der Waals surface area (Å²) in [7, 11) is 0.500. The van der Waals surface area contributed by atoms with Gasteiger partial charge in [0.05, 0.1) is 7.18 Å². The summed E-state index contributed by atoms with van der Waals surface area (Å²) in [6.45, 7) is 0.201. The van der Waals surface area contributed by atoms with Crippen molar-refractivity contribution in [3.8, 4) is 0 Å². The SMILES string of the molecule is CC(F)(F)c1ccc(CF)cc1.CF. The molecule has 80 valence electrons. The molecule has 0 aliphatic heterocycles. The summed E-state index contributed by atoms with van der Waals surface area (Å²) >= 11 is 0. The van der Waals surface area contributed by atoms with Crippen LogP contribution in [0.25, 0.3) is 0 Å². The average Bonchev–Trinajstić information content (AvgIpc) is 2.20. The standard InChI is InChI=1S/C9H9F3.CH3F/c1-9(11,12)8-4-2-7(6-10)3-5-8;1-2/h2-5H,6H2,1H3;1H3. The van der Waals surface area contributed by atoms with E-state index in [0.29, 0.717) is 12.7 Å². The molecule has 14 heavy (non-hydrogen) atoms. The molecule has 0 unspecified atom stereocenters. The smallest absolute Gasteiger partial charge is 0.255 e. The van der Waals surface area contributed by atoms with Gasteiger partial charge in [-0.15, -0.1) is 0 Å². The van der Waals surface area contributed by atoms with Crippen LogP contribution >= 0.6 is 0 Å². The first kappa shape index (κ1) is 12.9. The van der Waals surface area contributed by atoms with Crippen molar-refractivity contribution in [1.29, 1.82) is 0 Å². The van der Waals surface area contributed by atoms with Crippen LogP contribution in [0.3, 0.4) is 0 Å². The van der Waals surface area contributed by atoms with Crippen LogP contribution in [0, 0.1) is 0 Å². The van der Waals surface area contributed by atoms with Crippen LogP contribution in [-0.2, 0) is 12.6 Å². The van der Waals surface area contributed by atoms with Crippen molar-refractivity contribution in [2.24, 2.45) is 0 Å². The lowest BCUT2D eigenvalue weighted by Gasteiger charge is -2.09. The molecule has 0 spiro atoms. The third kappa shape index (κ3) is 3.77. The largest absolute Gasteiger partial charge is 0.270 e. The summed E-state index contributed by atoms with van der Waals surface area (Å²) in [6.07, 6.45) is 0. The Morgan fingerprint density at radius 1 is 1.07 bits per heavy atom. The Hall–Kier alpha value is -1.06. The van der Waals surface area contributed by atoms with Gasteiger partial charge in [0, 0.05) is 12.5 Å². The maximum absolute atomic E-state index is 12.6. The Morgan fingerprint density at radius 3 is 1.79 bits per heavy atom. The predicted molar refractivity (Wildman–Crippen MR) is 47.9 cm³/mol. The van der Waals surface area contributed by atoms with Crippen molar-refractivity contribution in [1.82, 2.24) is 0 Å². The third-order valence-electron chi connectivity index (χ3n) is 1.62. The molecule has 0 saturated carbocycles. The van der Waals surface area contributed by atoms with E-state index in [1.54, 1.807) is 0 Å². The van der Waals surface area contributed by atoms with Gasteiger partial charge < -0.3 is 0 Å². The van der Waals surface area contributed by atoms with E-state index in [9.17, 15) is 17.6 Å². The molecule has 0 fully saturated rings. The van der Waals surface area contributed by atoms with Gasteiger partial charge in [-0.1, -0.05) is 24.3 Å². The summed E-state index contributed by atoms with van der Waals surface area (Å²) in [4.78, 5) is 0. The summed E-state index contributed by atoms with van der Waals surface area (Å²) in [6, 6.07) is 5.23. The molecular formula is C10H12F4. The zero-order valence-electron chi connectivity index (χ0n) is 8.03. The van der Waals surface area contributed by atoms with Gasteiger partial charge in [-0.3, -0.25) is 4.39 Å². The van der Waals surface area contributed by atoms with Crippen LogP contribution in [0.15, 0.2) is 24.3 Å². The highest BCUT2D eigenvalue weighted by atomic mass is 19.3. The first-order valence-corrected chi connectivity index (χ1v) is 3.95. The molecule has 0 saturated heterocycles. The molecule has 0 N–H and O–H groups in total. The zero-order valence-corrected chi connectivity index (χ0v) is 8.03. The van der Waals surface area contributed by atoms with Gasteiger partial charge in [-0.2, -0.15) is 0 Å². The number of hydrogen-bond donors (Lipinski definition) is 0. The molecule has 1 rings (SSSR count). The van der Waals surface area contributed by atoms with Gasteiger partial charge in [0.1, 0.15) is 6.67 Å². The highest BCUT2D eigenvalue weighted by Crippen LogP contribution is 2.26. The van der Waals surface area contributed by atoms with Crippen LogP contribution in [0.2, 0.25) is 0 Å². The van der Waals surface area contributed by atoms with Crippen molar-refractivity contribution >= 4 is 0 Å². The average molecular weight is 208 g/mol. The molecule has 1 aromatic rings. The minimum Gasteiger partial charge on any atom is -0.255 e. The van der Waals surface area contributed by atoms with E-state index < -0.39 is 12.6 Å². The molecule has 0 nitrogen and oxygen atoms in total. The van der Waals surface area contributed by atoms with Gasteiger partial charge in [-0.25, -0.2) is 13.2 Å². The van der Waals surface area contributed by atoms with Crippen molar-refractivity contribution in [2.45, 2.75) is 19.5 Å².